The maximum absolute atomic E-state index is 5.38. The molecule has 3 aromatic rings. The summed E-state index contributed by atoms with van der Waals surface area (Å²) in [6, 6.07) is 4.95. The first-order valence-electron chi connectivity index (χ1n) is 10.1. The Morgan fingerprint density at radius 1 is 1.26 bits per heavy atom. The number of nitrogens with one attached hydrogen (secondary N) is 1. The molecule has 3 aromatic heterocycles. The normalized spacial score (nSPS) is 26.9. The zero-order valence-electron chi connectivity index (χ0n) is 15.9. The van der Waals surface area contributed by atoms with E-state index in [9.17, 15) is 0 Å². The minimum atomic E-state index is 0.576. The van der Waals surface area contributed by atoms with Crippen LogP contribution >= 0.6 is 0 Å². The van der Waals surface area contributed by atoms with E-state index >= 15 is 0 Å². The van der Waals surface area contributed by atoms with E-state index in [4.69, 9.17) is 4.74 Å². The Kier molecular flexibility index (Phi) is 4.58. The van der Waals surface area contributed by atoms with Crippen LogP contribution in [0.2, 0.25) is 0 Å². The summed E-state index contributed by atoms with van der Waals surface area (Å²) >= 11 is 0. The number of ether oxygens (including phenoxy) is 1. The summed E-state index contributed by atoms with van der Waals surface area (Å²) in [5.41, 5.74) is 3.40. The highest BCUT2D eigenvalue weighted by Gasteiger charge is 2.33. The Morgan fingerprint density at radius 3 is 3.15 bits per heavy atom. The van der Waals surface area contributed by atoms with Crippen molar-refractivity contribution in [1.29, 1.82) is 0 Å². The van der Waals surface area contributed by atoms with E-state index in [1.165, 1.54) is 55.1 Å². The average molecular weight is 363 g/mol. The van der Waals surface area contributed by atoms with Gasteiger partial charge in [0.1, 0.15) is 5.65 Å². The lowest BCUT2D eigenvalue weighted by Gasteiger charge is -2.35. The molecule has 2 fully saturated rings. The second-order valence-electron chi connectivity index (χ2n) is 8.08. The zero-order chi connectivity index (χ0) is 18.2. The zero-order valence-corrected chi connectivity index (χ0v) is 15.9. The fourth-order valence-electron chi connectivity index (χ4n) is 5.13. The molecule has 5 rings (SSSR count). The van der Waals surface area contributed by atoms with E-state index in [0.29, 0.717) is 17.9 Å². The van der Waals surface area contributed by atoms with E-state index in [0.717, 1.165) is 17.8 Å². The van der Waals surface area contributed by atoms with Crippen molar-refractivity contribution < 1.29 is 4.74 Å². The Labute approximate surface area is 160 Å². The summed E-state index contributed by atoms with van der Waals surface area (Å²) in [5.74, 6) is 1.27. The van der Waals surface area contributed by atoms with Crippen LogP contribution in [-0.2, 0) is 4.74 Å². The molecule has 5 heteroatoms. The molecule has 0 spiro atoms. The summed E-state index contributed by atoms with van der Waals surface area (Å²) in [5, 5.41) is 2.48. The summed E-state index contributed by atoms with van der Waals surface area (Å²) < 4.78 is 5.38. The fourth-order valence-corrected chi connectivity index (χ4v) is 5.13. The Hall–Kier alpha value is -1.98. The predicted molar refractivity (Wildman–Crippen MR) is 108 cm³/mol. The summed E-state index contributed by atoms with van der Waals surface area (Å²) in [7, 11) is 1.82. The van der Waals surface area contributed by atoms with Crippen LogP contribution in [0.4, 0.5) is 0 Å². The Bertz CT molecular complexity index is 936. The van der Waals surface area contributed by atoms with Crippen molar-refractivity contribution in [3.05, 3.63) is 42.7 Å². The van der Waals surface area contributed by atoms with Crippen LogP contribution in [0.5, 0.6) is 0 Å². The van der Waals surface area contributed by atoms with Crippen molar-refractivity contribution in [2.24, 2.45) is 5.92 Å². The molecule has 0 aromatic carbocycles. The number of hydrogen-bond donors (Lipinski definition) is 1. The predicted octanol–water partition coefficient (Wildman–Crippen LogP) is 3.92. The lowest BCUT2D eigenvalue weighted by molar-refractivity contribution is 0.145. The number of aromatic nitrogens is 3. The third-order valence-corrected chi connectivity index (χ3v) is 6.43. The summed E-state index contributed by atoms with van der Waals surface area (Å²) in [6.45, 7) is 3.26. The molecule has 141 valence electrons. The molecule has 0 bridgehead atoms. The van der Waals surface area contributed by atoms with Gasteiger partial charge in [-0.1, -0.05) is 0 Å². The SMILES string of the molecule is COCC1CCN(C2[CH]CCC(c3ccnc4cnc5[nH]ccc5c34)C2)C1. The van der Waals surface area contributed by atoms with Crippen molar-refractivity contribution in [3.8, 4) is 0 Å². The summed E-state index contributed by atoms with van der Waals surface area (Å²) in [4.78, 5) is 15.0. The minimum Gasteiger partial charge on any atom is -0.384 e. The van der Waals surface area contributed by atoms with Gasteiger partial charge in [0, 0.05) is 42.9 Å². The molecule has 0 amide bonds. The van der Waals surface area contributed by atoms with Gasteiger partial charge in [-0.2, -0.15) is 0 Å². The number of methoxy groups -OCH3 is 1. The number of pyridine rings is 2. The molecule has 3 unspecified atom stereocenters. The smallest absolute Gasteiger partial charge is 0.137 e. The quantitative estimate of drug-likeness (QED) is 0.763. The van der Waals surface area contributed by atoms with E-state index in [-0.39, 0.29) is 0 Å². The van der Waals surface area contributed by atoms with Crippen molar-refractivity contribution in [2.75, 3.05) is 26.8 Å². The average Bonchev–Trinajstić information content (AvgIpc) is 3.37. The molecule has 1 aliphatic heterocycles. The first kappa shape index (κ1) is 17.1. The van der Waals surface area contributed by atoms with Crippen molar-refractivity contribution in [1.82, 2.24) is 19.9 Å². The highest BCUT2D eigenvalue weighted by atomic mass is 16.5. The van der Waals surface area contributed by atoms with Gasteiger partial charge in [-0.05, 0) is 68.2 Å². The number of H-pyrrole nitrogens is 1. The van der Waals surface area contributed by atoms with E-state index in [1.54, 1.807) is 0 Å². The molecule has 1 aliphatic carbocycles. The highest BCUT2D eigenvalue weighted by Crippen LogP contribution is 2.40. The van der Waals surface area contributed by atoms with Crippen LogP contribution in [0, 0.1) is 12.3 Å². The van der Waals surface area contributed by atoms with Crippen LogP contribution in [-0.4, -0.2) is 52.7 Å². The summed E-state index contributed by atoms with van der Waals surface area (Å²) in [6.07, 6.45) is 13.2. The van der Waals surface area contributed by atoms with Gasteiger partial charge < -0.3 is 9.72 Å². The third-order valence-electron chi connectivity index (χ3n) is 6.43. The molecule has 3 atom stereocenters. The Balaban J connectivity index is 1.44. The van der Waals surface area contributed by atoms with Crippen LogP contribution in [0.25, 0.3) is 21.9 Å². The molecular formula is C22H27N4O. The maximum Gasteiger partial charge on any atom is 0.137 e. The van der Waals surface area contributed by atoms with Gasteiger partial charge in [-0.3, -0.25) is 9.88 Å². The second kappa shape index (κ2) is 7.21. The van der Waals surface area contributed by atoms with Gasteiger partial charge in [0.25, 0.3) is 0 Å². The molecule has 27 heavy (non-hydrogen) atoms. The molecule has 1 N–H and O–H groups in total. The number of aromatic amines is 1. The molecule has 1 radical (unpaired) electrons. The van der Waals surface area contributed by atoms with Gasteiger partial charge in [0.05, 0.1) is 18.3 Å². The fraction of sp³-hybridized carbons (Fsp3) is 0.500. The molecule has 1 saturated carbocycles. The minimum absolute atomic E-state index is 0.576. The molecule has 1 saturated heterocycles. The number of hydrogen-bond acceptors (Lipinski definition) is 4. The van der Waals surface area contributed by atoms with Crippen molar-refractivity contribution in [2.45, 2.75) is 37.6 Å². The van der Waals surface area contributed by atoms with Crippen molar-refractivity contribution in [3.63, 3.8) is 0 Å². The van der Waals surface area contributed by atoms with Crippen molar-refractivity contribution >= 4 is 21.9 Å². The standard InChI is InChI=1S/C22H27N4O/c1-27-14-15-7-10-26(13-15)17-4-2-3-16(11-17)18-5-8-23-20-12-25-22-19(21(18)20)6-9-24-22/h4-6,8-9,12,15-17H,2-3,7,10-11,13-14H2,1H3,(H,24,25). The van der Waals surface area contributed by atoms with Crippen LogP contribution in [0.3, 0.4) is 0 Å². The van der Waals surface area contributed by atoms with Gasteiger partial charge in [-0.25, -0.2) is 4.98 Å². The molecule has 2 aliphatic rings. The number of fused-ring (bicyclic) bond motifs is 3. The number of likely N-dealkylation sites (tertiary alicyclic amines) is 1. The lowest BCUT2D eigenvalue weighted by atomic mass is 9.79. The first-order chi connectivity index (χ1) is 13.3. The lowest BCUT2D eigenvalue weighted by Crippen LogP contribution is -2.37. The van der Waals surface area contributed by atoms with Crippen LogP contribution in [0.15, 0.2) is 30.7 Å². The maximum atomic E-state index is 5.38. The van der Waals surface area contributed by atoms with E-state index in [1.807, 2.05) is 25.7 Å². The largest absolute Gasteiger partial charge is 0.384 e. The highest BCUT2D eigenvalue weighted by molar-refractivity contribution is 6.05. The Morgan fingerprint density at radius 2 is 2.22 bits per heavy atom. The van der Waals surface area contributed by atoms with Crippen LogP contribution in [0.1, 0.15) is 37.2 Å². The monoisotopic (exact) mass is 363 g/mol. The van der Waals surface area contributed by atoms with E-state index < -0.39 is 0 Å². The van der Waals surface area contributed by atoms with Gasteiger partial charge >= 0.3 is 0 Å². The van der Waals surface area contributed by atoms with Gasteiger partial charge in [0.2, 0.25) is 0 Å². The van der Waals surface area contributed by atoms with Gasteiger partial charge in [0.15, 0.2) is 0 Å². The number of rotatable bonds is 4. The van der Waals surface area contributed by atoms with Crippen LogP contribution < -0.4 is 0 Å². The topological polar surface area (TPSA) is 54.0 Å². The molecule has 4 heterocycles. The number of nitrogens with zero attached hydrogens (tertiary/aromatic N) is 3. The third kappa shape index (κ3) is 3.13. The molecular weight excluding hydrogens is 336 g/mol. The first-order valence-corrected chi connectivity index (χ1v) is 10.1. The van der Waals surface area contributed by atoms with E-state index in [2.05, 4.69) is 38.4 Å². The molecule has 5 nitrogen and oxygen atoms in total. The second-order valence-corrected chi connectivity index (χ2v) is 8.08. The van der Waals surface area contributed by atoms with Gasteiger partial charge in [-0.15, -0.1) is 0 Å².